The zero-order chi connectivity index (χ0) is 18.8. The number of carbonyl (C=O) groups is 2. The molecule has 25 heavy (non-hydrogen) atoms. The number of aromatic nitrogens is 3. The summed E-state index contributed by atoms with van der Waals surface area (Å²) in [5.41, 5.74) is -0.953. The molecule has 0 bridgehead atoms. The maximum atomic E-state index is 12.9. The molecular formula is C18H31N5O2. The topological polar surface area (TPSA) is 88.9 Å². The molecule has 1 aromatic rings. The molecule has 1 saturated carbocycles. The molecule has 1 aliphatic rings. The number of nitrogens with one attached hydrogen (secondary N) is 2. The van der Waals surface area contributed by atoms with Gasteiger partial charge in [-0.3, -0.25) is 9.59 Å². The number of amides is 2. The first-order chi connectivity index (χ1) is 11.6. The van der Waals surface area contributed by atoms with Crippen LogP contribution in [-0.4, -0.2) is 40.2 Å². The van der Waals surface area contributed by atoms with Crippen LogP contribution < -0.4 is 10.6 Å². The minimum Gasteiger partial charge on any atom is -0.359 e. The van der Waals surface area contributed by atoms with Crippen molar-refractivity contribution in [1.82, 2.24) is 25.4 Å². The van der Waals surface area contributed by atoms with Gasteiger partial charge in [0.25, 0.3) is 0 Å². The molecule has 7 heteroatoms. The molecule has 0 spiro atoms. The van der Waals surface area contributed by atoms with Crippen LogP contribution in [0.25, 0.3) is 0 Å². The van der Waals surface area contributed by atoms with Gasteiger partial charge in [0.05, 0.1) is 5.41 Å². The number of carbonyl (C=O) groups excluding carboxylic acids is 2. The molecule has 140 valence electrons. The summed E-state index contributed by atoms with van der Waals surface area (Å²) in [5, 5.41) is 13.9. The van der Waals surface area contributed by atoms with Crippen LogP contribution >= 0.6 is 0 Å². The summed E-state index contributed by atoms with van der Waals surface area (Å²) < 4.78 is 2.01. The van der Waals surface area contributed by atoms with E-state index in [1.54, 1.807) is 13.4 Å². The van der Waals surface area contributed by atoms with Crippen molar-refractivity contribution >= 4 is 11.8 Å². The van der Waals surface area contributed by atoms with Crippen LogP contribution in [0, 0.1) is 16.7 Å². The van der Waals surface area contributed by atoms with E-state index in [0.717, 1.165) is 12.2 Å². The lowest BCUT2D eigenvalue weighted by atomic mass is 9.65. The van der Waals surface area contributed by atoms with Gasteiger partial charge in [-0.15, -0.1) is 10.2 Å². The second-order valence-corrected chi connectivity index (χ2v) is 8.01. The molecule has 1 aromatic heterocycles. The van der Waals surface area contributed by atoms with E-state index >= 15 is 0 Å². The van der Waals surface area contributed by atoms with Gasteiger partial charge in [-0.2, -0.15) is 0 Å². The molecule has 0 radical (unpaired) electrons. The molecule has 2 amide bonds. The van der Waals surface area contributed by atoms with E-state index in [4.69, 9.17) is 0 Å². The van der Waals surface area contributed by atoms with E-state index in [9.17, 15) is 9.59 Å². The summed E-state index contributed by atoms with van der Waals surface area (Å²) in [6.07, 6.45) is 3.81. The van der Waals surface area contributed by atoms with Crippen molar-refractivity contribution in [2.75, 3.05) is 13.6 Å². The fourth-order valence-electron chi connectivity index (χ4n) is 3.90. The highest BCUT2D eigenvalue weighted by Crippen LogP contribution is 2.56. The fourth-order valence-corrected chi connectivity index (χ4v) is 3.90. The van der Waals surface area contributed by atoms with Crippen molar-refractivity contribution < 1.29 is 9.59 Å². The molecule has 0 unspecified atom stereocenters. The van der Waals surface area contributed by atoms with Gasteiger partial charge >= 0.3 is 0 Å². The molecule has 0 saturated heterocycles. The first-order valence-electron chi connectivity index (χ1n) is 9.03. The van der Waals surface area contributed by atoms with Gasteiger partial charge < -0.3 is 15.2 Å². The van der Waals surface area contributed by atoms with Crippen LogP contribution in [0.3, 0.4) is 0 Å². The second-order valence-electron chi connectivity index (χ2n) is 8.01. The van der Waals surface area contributed by atoms with E-state index in [0.29, 0.717) is 25.4 Å². The second kappa shape index (κ2) is 7.14. The molecule has 0 aliphatic heterocycles. The Hall–Kier alpha value is -1.92. The lowest BCUT2D eigenvalue weighted by Crippen LogP contribution is -2.49. The molecule has 2 atom stereocenters. The zero-order valence-corrected chi connectivity index (χ0v) is 16.2. The monoisotopic (exact) mass is 349 g/mol. The third-order valence-corrected chi connectivity index (χ3v) is 6.13. The summed E-state index contributed by atoms with van der Waals surface area (Å²) in [6, 6.07) is 0.292. The van der Waals surface area contributed by atoms with E-state index in [1.165, 1.54) is 0 Å². The molecule has 0 aromatic carbocycles. The number of hydrogen-bond donors (Lipinski definition) is 2. The van der Waals surface area contributed by atoms with Crippen LogP contribution in [0.1, 0.15) is 59.3 Å². The Labute approximate surface area is 150 Å². The quantitative estimate of drug-likeness (QED) is 0.818. The van der Waals surface area contributed by atoms with Gasteiger partial charge in [-0.25, -0.2) is 0 Å². The molecule has 7 nitrogen and oxygen atoms in total. The van der Waals surface area contributed by atoms with Crippen molar-refractivity contribution in [3.05, 3.63) is 12.2 Å². The minimum absolute atomic E-state index is 0.0134. The average Bonchev–Trinajstić information content (AvgIpc) is 3.11. The Bertz CT molecular complexity index is 637. The molecule has 1 fully saturated rings. The Morgan fingerprint density at radius 2 is 2.04 bits per heavy atom. The van der Waals surface area contributed by atoms with Crippen molar-refractivity contribution in [1.29, 1.82) is 0 Å². The third-order valence-electron chi connectivity index (χ3n) is 6.13. The largest absolute Gasteiger partial charge is 0.359 e. The highest BCUT2D eigenvalue weighted by atomic mass is 16.2. The molecule has 1 heterocycles. The first kappa shape index (κ1) is 19.4. The van der Waals surface area contributed by atoms with Gasteiger partial charge in [0, 0.05) is 32.0 Å². The lowest BCUT2D eigenvalue weighted by Gasteiger charge is -2.39. The van der Waals surface area contributed by atoms with Crippen LogP contribution in [0.15, 0.2) is 6.33 Å². The van der Waals surface area contributed by atoms with Crippen LogP contribution in [-0.2, 0) is 16.0 Å². The van der Waals surface area contributed by atoms with Crippen molar-refractivity contribution in [2.24, 2.45) is 16.7 Å². The number of hydrogen-bond acceptors (Lipinski definition) is 4. The van der Waals surface area contributed by atoms with Gasteiger partial charge in [-0.05, 0) is 32.1 Å². The van der Waals surface area contributed by atoms with Crippen LogP contribution in [0.4, 0.5) is 0 Å². The Balaban J connectivity index is 2.00. The van der Waals surface area contributed by atoms with Gasteiger partial charge in [-0.1, -0.05) is 20.8 Å². The SMILES string of the molecule is CNC(=O)[C@H]1CC[C@@](C)(C(=O)NCCc2nncn2C(C)C)C1(C)C. The van der Waals surface area contributed by atoms with Crippen LogP contribution in [0.2, 0.25) is 0 Å². The van der Waals surface area contributed by atoms with Crippen molar-refractivity contribution in [2.45, 2.75) is 59.9 Å². The summed E-state index contributed by atoms with van der Waals surface area (Å²) in [7, 11) is 1.65. The Kier molecular flexibility index (Phi) is 5.54. The zero-order valence-electron chi connectivity index (χ0n) is 16.2. The van der Waals surface area contributed by atoms with E-state index in [-0.39, 0.29) is 17.7 Å². The fraction of sp³-hybridized carbons (Fsp3) is 0.778. The van der Waals surface area contributed by atoms with E-state index in [2.05, 4.69) is 34.7 Å². The lowest BCUT2D eigenvalue weighted by molar-refractivity contribution is -0.138. The number of nitrogens with zero attached hydrogens (tertiary/aromatic N) is 3. The summed E-state index contributed by atoms with van der Waals surface area (Å²) >= 11 is 0. The average molecular weight is 349 g/mol. The Morgan fingerprint density at radius 1 is 1.36 bits per heavy atom. The molecule has 1 aliphatic carbocycles. The van der Waals surface area contributed by atoms with Crippen molar-refractivity contribution in [3.63, 3.8) is 0 Å². The van der Waals surface area contributed by atoms with E-state index < -0.39 is 10.8 Å². The molecule has 2 rings (SSSR count). The normalized spacial score (nSPS) is 25.2. The third kappa shape index (κ3) is 3.41. The number of rotatable bonds is 6. The van der Waals surface area contributed by atoms with Gasteiger partial charge in [0.1, 0.15) is 12.2 Å². The van der Waals surface area contributed by atoms with Crippen molar-refractivity contribution in [3.8, 4) is 0 Å². The highest BCUT2D eigenvalue weighted by Gasteiger charge is 2.57. The Morgan fingerprint density at radius 3 is 2.64 bits per heavy atom. The van der Waals surface area contributed by atoms with Gasteiger partial charge in [0.2, 0.25) is 11.8 Å². The standard InChI is InChI=1S/C18H31N5O2/c1-12(2)23-11-21-22-14(23)8-10-20-16(25)18(5)9-7-13(15(24)19-6)17(18,3)4/h11-13H,7-10H2,1-6H3,(H,19,24)(H,20,25)/t13-,18+/m1/s1. The predicted octanol–water partition coefficient (Wildman–Crippen LogP) is 1.71. The van der Waals surface area contributed by atoms with Crippen LogP contribution in [0.5, 0.6) is 0 Å². The van der Waals surface area contributed by atoms with Gasteiger partial charge in [0.15, 0.2) is 0 Å². The minimum atomic E-state index is -0.560. The summed E-state index contributed by atoms with van der Waals surface area (Å²) in [4.78, 5) is 25.1. The smallest absolute Gasteiger partial charge is 0.226 e. The molecule has 2 N–H and O–H groups in total. The van der Waals surface area contributed by atoms with E-state index in [1.807, 2.05) is 25.3 Å². The highest BCUT2D eigenvalue weighted by molar-refractivity contribution is 5.87. The summed E-state index contributed by atoms with van der Waals surface area (Å²) in [5.74, 6) is 0.762. The predicted molar refractivity (Wildman–Crippen MR) is 95.8 cm³/mol. The maximum Gasteiger partial charge on any atom is 0.226 e. The molecular weight excluding hydrogens is 318 g/mol. The first-order valence-corrected chi connectivity index (χ1v) is 9.03. The maximum absolute atomic E-state index is 12.9. The summed E-state index contributed by atoms with van der Waals surface area (Å²) in [6.45, 7) is 10.7.